The third-order valence-electron chi connectivity index (χ3n) is 3.92. The minimum absolute atomic E-state index is 0.0162. The lowest BCUT2D eigenvalue weighted by molar-refractivity contribution is 0.104. The number of nitrogens with zero attached hydrogens (tertiary/aromatic N) is 1. The number of carbonyl (C=O) groups excluding carboxylic acids is 1. The van der Waals surface area contributed by atoms with E-state index >= 15 is 0 Å². The van der Waals surface area contributed by atoms with E-state index in [1.54, 1.807) is 6.08 Å². The molecular formula is C23H23NO2. The van der Waals surface area contributed by atoms with E-state index in [9.17, 15) is 4.79 Å². The molecule has 1 heterocycles. The lowest BCUT2D eigenvalue weighted by Crippen LogP contribution is -2.04. The summed E-state index contributed by atoms with van der Waals surface area (Å²) in [5.74, 6) is 1.28. The number of benzene rings is 2. The van der Waals surface area contributed by atoms with E-state index in [-0.39, 0.29) is 5.78 Å². The van der Waals surface area contributed by atoms with Crippen LogP contribution in [0.5, 0.6) is 5.75 Å². The molecular weight excluding hydrogens is 322 g/mol. The second kappa shape index (κ2) is 8.34. The van der Waals surface area contributed by atoms with E-state index in [2.05, 4.69) is 13.8 Å². The van der Waals surface area contributed by atoms with Gasteiger partial charge in [0.1, 0.15) is 5.75 Å². The molecule has 2 aromatic carbocycles. The van der Waals surface area contributed by atoms with E-state index in [0.717, 1.165) is 17.0 Å². The van der Waals surface area contributed by atoms with Crippen molar-refractivity contribution in [2.24, 2.45) is 5.92 Å². The summed E-state index contributed by atoms with van der Waals surface area (Å²) in [5.41, 5.74) is 2.65. The zero-order valence-electron chi connectivity index (χ0n) is 15.1. The van der Waals surface area contributed by atoms with Crippen LogP contribution in [0.1, 0.15) is 29.8 Å². The van der Waals surface area contributed by atoms with Gasteiger partial charge in [0.2, 0.25) is 0 Å². The minimum Gasteiger partial charge on any atom is -0.493 e. The molecule has 3 rings (SSSR count). The Kier molecular flexibility index (Phi) is 5.69. The Morgan fingerprint density at radius 2 is 1.77 bits per heavy atom. The summed E-state index contributed by atoms with van der Waals surface area (Å²) in [4.78, 5) is 12.4. The van der Waals surface area contributed by atoms with Gasteiger partial charge in [0, 0.05) is 23.6 Å². The summed E-state index contributed by atoms with van der Waals surface area (Å²) in [6.45, 7) is 4.91. The first-order valence-corrected chi connectivity index (χ1v) is 8.80. The first-order chi connectivity index (χ1) is 12.6. The summed E-state index contributed by atoms with van der Waals surface area (Å²) in [6.07, 6.45) is 7.38. The highest BCUT2D eigenvalue weighted by atomic mass is 16.5. The summed E-state index contributed by atoms with van der Waals surface area (Å²) in [7, 11) is 0. The summed E-state index contributed by atoms with van der Waals surface area (Å²) in [5, 5.41) is 0. The minimum atomic E-state index is -0.0162. The summed E-state index contributed by atoms with van der Waals surface area (Å²) in [6, 6.07) is 19.3. The highest BCUT2D eigenvalue weighted by molar-refractivity contribution is 6.06. The maximum Gasteiger partial charge on any atom is 0.185 e. The van der Waals surface area contributed by atoms with Crippen LogP contribution in [0, 0.1) is 5.92 Å². The third kappa shape index (κ3) is 4.73. The zero-order valence-corrected chi connectivity index (χ0v) is 15.1. The van der Waals surface area contributed by atoms with Crippen molar-refractivity contribution >= 4 is 11.9 Å². The van der Waals surface area contributed by atoms with Gasteiger partial charge in [-0.05, 0) is 66.1 Å². The monoisotopic (exact) mass is 345 g/mol. The van der Waals surface area contributed by atoms with Gasteiger partial charge in [-0.25, -0.2) is 0 Å². The Bertz CT molecular complexity index is 875. The van der Waals surface area contributed by atoms with Gasteiger partial charge in [0.05, 0.1) is 6.61 Å². The smallest absolute Gasteiger partial charge is 0.185 e. The van der Waals surface area contributed by atoms with Crippen molar-refractivity contribution in [3.8, 4) is 11.4 Å². The predicted octanol–water partition coefficient (Wildman–Crippen LogP) is 5.41. The molecule has 0 aliphatic heterocycles. The summed E-state index contributed by atoms with van der Waals surface area (Å²) < 4.78 is 7.73. The number of hydrogen-bond donors (Lipinski definition) is 0. The van der Waals surface area contributed by atoms with Crippen molar-refractivity contribution in [2.45, 2.75) is 13.8 Å². The molecule has 0 saturated heterocycles. The molecule has 0 aliphatic carbocycles. The maximum atomic E-state index is 12.4. The molecule has 0 aliphatic rings. The second-order valence-electron chi connectivity index (χ2n) is 6.61. The highest BCUT2D eigenvalue weighted by Gasteiger charge is 2.03. The SMILES string of the molecule is CC(C)COc1cccc(/C=C/C(=O)c2ccc(-n3cccc3)cc2)c1. The van der Waals surface area contributed by atoms with Gasteiger partial charge in [0.25, 0.3) is 0 Å². The molecule has 0 bridgehead atoms. The normalized spacial score (nSPS) is 11.2. The molecule has 0 fully saturated rings. The average molecular weight is 345 g/mol. The summed E-state index contributed by atoms with van der Waals surface area (Å²) >= 11 is 0. The van der Waals surface area contributed by atoms with Gasteiger partial charge in [-0.1, -0.05) is 32.1 Å². The fourth-order valence-corrected chi connectivity index (χ4v) is 2.54. The third-order valence-corrected chi connectivity index (χ3v) is 3.92. The van der Waals surface area contributed by atoms with Crippen molar-refractivity contribution in [1.82, 2.24) is 4.57 Å². The zero-order chi connectivity index (χ0) is 18.4. The molecule has 1 aromatic heterocycles. The molecule has 3 nitrogen and oxygen atoms in total. The maximum absolute atomic E-state index is 12.4. The highest BCUT2D eigenvalue weighted by Crippen LogP contribution is 2.16. The topological polar surface area (TPSA) is 31.2 Å². The van der Waals surface area contributed by atoms with Crippen molar-refractivity contribution in [3.63, 3.8) is 0 Å². The van der Waals surface area contributed by atoms with Gasteiger partial charge in [0.15, 0.2) is 5.78 Å². The number of rotatable bonds is 7. The lowest BCUT2D eigenvalue weighted by Gasteiger charge is -2.08. The molecule has 0 amide bonds. The second-order valence-corrected chi connectivity index (χ2v) is 6.61. The van der Waals surface area contributed by atoms with Crippen LogP contribution in [0.25, 0.3) is 11.8 Å². The fourth-order valence-electron chi connectivity index (χ4n) is 2.54. The average Bonchev–Trinajstić information content (AvgIpc) is 3.20. The van der Waals surface area contributed by atoms with Gasteiger partial charge >= 0.3 is 0 Å². The molecule has 0 radical (unpaired) electrons. The molecule has 132 valence electrons. The predicted molar refractivity (Wildman–Crippen MR) is 106 cm³/mol. The van der Waals surface area contributed by atoms with Crippen LogP contribution < -0.4 is 4.74 Å². The van der Waals surface area contributed by atoms with Gasteiger partial charge in [-0.15, -0.1) is 0 Å². The molecule has 3 aromatic rings. The van der Waals surface area contributed by atoms with E-state index in [1.165, 1.54) is 0 Å². The number of hydrogen-bond acceptors (Lipinski definition) is 2. The molecule has 0 atom stereocenters. The van der Waals surface area contributed by atoms with Crippen LogP contribution in [0.15, 0.2) is 79.1 Å². The van der Waals surface area contributed by atoms with Gasteiger partial charge in [-0.3, -0.25) is 4.79 Å². The van der Waals surface area contributed by atoms with Crippen molar-refractivity contribution in [2.75, 3.05) is 6.61 Å². The van der Waals surface area contributed by atoms with Crippen molar-refractivity contribution < 1.29 is 9.53 Å². The Labute approximate surface area is 154 Å². The van der Waals surface area contributed by atoms with Crippen molar-refractivity contribution in [3.05, 3.63) is 90.3 Å². The number of ether oxygens (including phenoxy) is 1. The van der Waals surface area contributed by atoms with E-state index in [4.69, 9.17) is 4.74 Å². The fraction of sp³-hybridized carbons (Fsp3) is 0.174. The van der Waals surface area contributed by atoms with Crippen LogP contribution in [0.2, 0.25) is 0 Å². The van der Waals surface area contributed by atoms with Crippen LogP contribution >= 0.6 is 0 Å². The Balaban J connectivity index is 1.66. The molecule has 0 saturated carbocycles. The quantitative estimate of drug-likeness (QED) is 0.423. The molecule has 0 N–H and O–H groups in total. The number of ketones is 1. The van der Waals surface area contributed by atoms with E-state index in [1.807, 2.05) is 83.7 Å². The number of allylic oxidation sites excluding steroid dienone is 1. The first-order valence-electron chi connectivity index (χ1n) is 8.80. The molecule has 26 heavy (non-hydrogen) atoms. The molecule has 3 heteroatoms. The van der Waals surface area contributed by atoms with Crippen LogP contribution in [0.4, 0.5) is 0 Å². The van der Waals surface area contributed by atoms with Crippen molar-refractivity contribution in [1.29, 1.82) is 0 Å². The van der Waals surface area contributed by atoms with Crippen LogP contribution in [-0.4, -0.2) is 17.0 Å². The largest absolute Gasteiger partial charge is 0.493 e. The van der Waals surface area contributed by atoms with Crippen LogP contribution in [0.3, 0.4) is 0 Å². The Morgan fingerprint density at radius 1 is 1.04 bits per heavy atom. The van der Waals surface area contributed by atoms with Gasteiger partial charge in [-0.2, -0.15) is 0 Å². The lowest BCUT2D eigenvalue weighted by atomic mass is 10.1. The molecule has 0 unspecified atom stereocenters. The standard InChI is InChI=1S/C23H23NO2/c1-18(2)17-26-22-7-5-6-19(16-22)8-13-23(25)20-9-11-21(12-10-20)24-14-3-4-15-24/h3-16,18H,17H2,1-2H3/b13-8+. The Hall–Kier alpha value is -3.07. The Morgan fingerprint density at radius 3 is 2.46 bits per heavy atom. The number of aromatic nitrogens is 1. The first kappa shape index (κ1) is 17.7. The van der Waals surface area contributed by atoms with Gasteiger partial charge < -0.3 is 9.30 Å². The van der Waals surface area contributed by atoms with E-state index in [0.29, 0.717) is 18.1 Å². The van der Waals surface area contributed by atoms with Crippen LogP contribution in [-0.2, 0) is 0 Å². The number of carbonyl (C=O) groups is 1. The molecule has 0 spiro atoms. The van der Waals surface area contributed by atoms with E-state index < -0.39 is 0 Å².